The normalized spacial score (nSPS) is 17.4. The number of benzene rings is 2. The van der Waals surface area contributed by atoms with Crippen molar-refractivity contribution >= 4 is 11.4 Å². The molecule has 1 N–H and O–H groups in total. The summed E-state index contributed by atoms with van der Waals surface area (Å²) >= 11 is 0. The Bertz CT molecular complexity index is 1300. The fourth-order valence-electron chi connectivity index (χ4n) is 4.61. The Morgan fingerprint density at radius 3 is 2.57 bits per heavy atom. The Balaban J connectivity index is 1.79. The molecule has 1 aromatic heterocycles. The van der Waals surface area contributed by atoms with Gasteiger partial charge < -0.3 is 15.0 Å². The highest BCUT2D eigenvalue weighted by atomic mass is 19.4. The topological polar surface area (TPSA) is 59.4 Å². The van der Waals surface area contributed by atoms with Gasteiger partial charge in [-0.15, -0.1) is 0 Å². The summed E-state index contributed by atoms with van der Waals surface area (Å²) < 4.78 is 49.0. The monoisotopic (exact) mass is 486 g/mol. The van der Waals surface area contributed by atoms with Gasteiger partial charge in [0.2, 0.25) is 0 Å². The molecule has 0 saturated carbocycles. The lowest BCUT2D eigenvalue weighted by atomic mass is 10.0. The van der Waals surface area contributed by atoms with Gasteiger partial charge in [0, 0.05) is 45.4 Å². The number of fused-ring (bicyclic) bond motifs is 1. The minimum absolute atomic E-state index is 0.0381. The van der Waals surface area contributed by atoms with Gasteiger partial charge in [-0.25, -0.2) is 4.98 Å². The molecular formula is C26H29F3N4O2. The Morgan fingerprint density at radius 1 is 1.20 bits per heavy atom. The molecule has 35 heavy (non-hydrogen) atoms. The van der Waals surface area contributed by atoms with Crippen LogP contribution in [0.25, 0.3) is 11.4 Å². The molecule has 1 aliphatic carbocycles. The Labute approximate surface area is 202 Å². The van der Waals surface area contributed by atoms with Crippen LogP contribution in [-0.4, -0.2) is 36.4 Å². The van der Waals surface area contributed by atoms with Crippen LogP contribution >= 0.6 is 0 Å². The highest BCUT2D eigenvalue weighted by molar-refractivity contribution is 5.68. The number of ether oxygens (including phenoxy) is 1. The Kier molecular flexibility index (Phi) is 6.64. The zero-order valence-electron chi connectivity index (χ0n) is 20.4. The fourth-order valence-corrected chi connectivity index (χ4v) is 4.61. The van der Waals surface area contributed by atoms with Gasteiger partial charge in [0.25, 0.3) is 5.56 Å². The minimum atomic E-state index is -4.61. The van der Waals surface area contributed by atoms with Crippen LogP contribution in [0.5, 0.6) is 0 Å². The van der Waals surface area contributed by atoms with Crippen molar-refractivity contribution in [2.75, 3.05) is 30.9 Å². The summed E-state index contributed by atoms with van der Waals surface area (Å²) in [7, 11) is 4.78. The lowest BCUT2D eigenvalue weighted by Gasteiger charge is -2.24. The van der Waals surface area contributed by atoms with E-state index < -0.39 is 17.3 Å². The molecule has 1 unspecified atom stereocenters. The van der Waals surface area contributed by atoms with Crippen molar-refractivity contribution in [3.8, 4) is 11.4 Å². The number of nitrogens with one attached hydrogen (secondary N) is 1. The first-order valence-electron chi connectivity index (χ1n) is 11.5. The van der Waals surface area contributed by atoms with E-state index in [1.807, 2.05) is 31.2 Å². The van der Waals surface area contributed by atoms with Crippen molar-refractivity contribution in [2.45, 2.75) is 38.6 Å². The second-order valence-corrected chi connectivity index (χ2v) is 8.90. The van der Waals surface area contributed by atoms with E-state index in [1.54, 1.807) is 32.0 Å². The standard InChI is InChI=1S/C26H29F3N4O2/c1-6-35-21-13-16-9-7-8-10-18(16)23(21)31-22-15(2)30-24(33(5)25(22)34)19-12-11-17(32(3)4)14-20(19)26(27,28)29/h7-12,14,21,23,31H,6,13H2,1-5H3/t21-,23?/m0/s1. The van der Waals surface area contributed by atoms with Crippen LogP contribution in [0.2, 0.25) is 0 Å². The summed E-state index contributed by atoms with van der Waals surface area (Å²) in [6.45, 7) is 4.07. The summed E-state index contributed by atoms with van der Waals surface area (Å²) in [5, 5.41) is 3.31. The van der Waals surface area contributed by atoms with E-state index in [0.717, 1.165) is 17.2 Å². The lowest BCUT2D eigenvalue weighted by molar-refractivity contribution is -0.137. The predicted molar refractivity (Wildman–Crippen MR) is 131 cm³/mol. The molecule has 1 aliphatic rings. The molecule has 186 valence electrons. The number of halogens is 3. The van der Waals surface area contributed by atoms with E-state index >= 15 is 0 Å². The quantitative estimate of drug-likeness (QED) is 0.534. The average molecular weight is 487 g/mol. The SMILES string of the molecule is CCO[C@H]1Cc2ccccc2C1Nc1c(C)nc(-c2ccc(N(C)C)cc2C(F)(F)F)n(C)c1=O. The molecule has 0 radical (unpaired) electrons. The van der Waals surface area contributed by atoms with Crippen molar-refractivity contribution in [2.24, 2.45) is 7.05 Å². The Morgan fingerprint density at radius 2 is 1.91 bits per heavy atom. The molecule has 3 aromatic rings. The Hall–Kier alpha value is -3.33. The van der Waals surface area contributed by atoms with Gasteiger partial charge in [0.05, 0.1) is 23.4 Å². The highest BCUT2D eigenvalue weighted by Gasteiger charge is 2.36. The number of rotatable bonds is 6. The second kappa shape index (κ2) is 9.37. The molecule has 0 saturated heterocycles. The van der Waals surface area contributed by atoms with Gasteiger partial charge in [-0.1, -0.05) is 24.3 Å². The van der Waals surface area contributed by atoms with Gasteiger partial charge in [-0.3, -0.25) is 9.36 Å². The van der Waals surface area contributed by atoms with E-state index in [4.69, 9.17) is 4.74 Å². The maximum absolute atomic E-state index is 14.0. The van der Waals surface area contributed by atoms with Crippen molar-refractivity contribution in [1.29, 1.82) is 0 Å². The van der Waals surface area contributed by atoms with Crippen LogP contribution in [0.15, 0.2) is 47.3 Å². The van der Waals surface area contributed by atoms with Crippen molar-refractivity contribution < 1.29 is 17.9 Å². The molecule has 4 rings (SSSR count). The fraction of sp³-hybridized carbons (Fsp3) is 0.385. The number of aromatic nitrogens is 2. The van der Waals surface area contributed by atoms with Gasteiger partial charge in [0.1, 0.15) is 11.5 Å². The third-order valence-electron chi connectivity index (χ3n) is 6.40. The van der Waals surface area contributed by atoms with E-state index in [1.165, 1.54) is 17.7 Å². The van der Waals surface area contributed by atoms with Gasteiger partial charge >= 0.3 is 6.18 Å². The molecular weight excluding hydrogens is 457 g/mol. The smallest absolute Gasteiger partial charge is 0.378 e. The third kappa shape index (κ3) is 4.65. The molecule has 0 spiro atoms. The molecule has 0 aliphatic heterocycles. The van der Waals surface area contributed by atoms with Crippen LogP contribution in [0.1, 0.15) is 35.3 Å². The van der Waals surface area contributed by atoms with Gasteiger partial charge in [-0.05, 0) is 43.2 Å². The van der Waals surface area contributed by atoms with Crippen LogP contribution < -0.4 is 15.8 Å². The maximum atomic E-state index is 14.0. The lowest BCUT2D eigenvalue weighted by Crippen LogP contribution is -2.31. The van der Waals surface area contributed by atoms with Crippen LogP contribution in [0, 0.1) is 6.92 Å². The first kappa shape index (κ1) is 24.8. The van der Waals surface area contributed by atoms with Gasteiger partial charge in [0.15, 0.2) is 0 Å². The largest absolute Gasteiger partial charge is 0.417 e. The number of hydrogen-bond donors (Lipinski definition) is 1. The van der Waals surface area contributed by atoms with Crippen molar-refractivity contribution in [3.63, 3.8) is 0 Å². The molecule has 1 heterocycles. The molecule has 2 atom stereocenters. The number of alkyl halides is 3. The first-order chi connectivity index (χ1) is 16.5. The molecule has 6 nitrogen and oxygen atoms in total. The van der Waals surface area contributed by atoms with Gasteiger partial charge in [-0.2, -0.15) is 13.2 Å². The van der Waals surface area contributed by atoms with Crippen LogP contribution in [0.3, 0.4) is 0 Å². The van der Waals surface area contributed by atoms with Crippen molar-refractivity contribution in [1.82, 2.24) is 9.55 Å². The van der Waals surface area contributed by atoms with Crippen LogP contribution in [-0.2, 0) is 24.4 Å². The zero-order valence-corrected chi connectivity index (χ0v) is 20.4. The first-order valence-corrected chi connectivity index (χ1v) is 11.5. The number of hydrogen-bond acceptors (Lipinski definition) is 5. The average Bonchev–Trinajstić information content (AvgIpc) is 3.15. The summed E-state index contributed by atoms with van der Waals surface area (Å²) in [6.07, 6.45) is -4.07. The minimum Gasteiger partial charge on any atom is -0.378 e. The summed E-state index contributed by atoms with van der Waals surface area (Å²) in [4.78, 5) is 19.5. The molecule has 0 bridgehead atoms. The number of anilines is 2. The third-order valence-corrected chi connectivity index (χ3v) is 6.40. The van der Waals surface area contributed by atoms with Crippen LogP contribution in [0.4, 0.5) is 24.5 Å². The molecule has 9 heteroatoms. The van der Waals surface area contributed by atoms with E-state index in [-0.39, 0.29) is 29.2 Å². The summed E-state index contributed by atoms with van der Waals surface area (Å²) in [5.41, 5.74) is 1.73. The van der Waals surface area contributed by atoms with E-state index in [2.05, 4.69) is 10.3 Å². The molecule has 2 aromatic carbocycles. The van der Waals surface area contributed by atoms with E-state index in [0.29, 0.717) is 24.4 Å². The number of nitrogens with zero attached hydrogens (tertiary/aromatic N) is 3. The highest BCUT2D eigenvalue weighted by Crippen LogP contribution is 2.39. The second-order valence-electron chi connectivity index (χ2n) is 8.90. The number of aryl methyl sites for hydroxylation is 1. The molecule has 0 fully saturated rings. The zero-order chi connectivity index (χ0) is 25.5. The van der Waals surface area contributed by atoms with E-state index in [9.17, 15) is 18.0 Å². The summed E-state index contributed by atoms with van der Waals surface area (Å²) in [5.74, 6) is -0.0381. The van der Waals surface area contributed by atoms with Crippen molar-refractivity contribution in [3.05, 3.63) is 75.2 Å². The predicted octanol–water partition coefficient (Wildman–Crippen LogP) is 4.95. The maximum Gasteiger partial charge on any atom is 0.417 e. The summed E-state index contributed by atoms with van der Waals surface area (Å²) in [6, 6.07) is 11.7. The molecule has 0 amide bonds.